The van der Waals surface area contributed by atoms with Crippen molar-refractivity contribution >= 4 is 27.5 Å². The van der Waals surface area contributed by atoms with Gasteiger partial charge in [-0.1, -0.05) is 12.1 Å². The first-order chi connectivity index (χ1) is 14.8. The Morgan fingerprint density at radius 2 is 1.81 bits per heavy atom. The fourth-order valence-corrected chi connectivity index (χ4v) is 4.93. The number of anilines is 1. The summed E-state index contributed by atoms with van der Waals surface area (Å²) in [4.78, 5) is 25.1. The minimum Gasteiger partial charge on any atom is -0.495 e. The van der Waals surface area contributed by atoms with E-state index in [1.807, 2.05) is 0 Å². The van der Waals surface area contributed by atoms with E-state index in [0.29, 0.717) is 30.0 Å². The largest absolute Gasteiger partial charge is 0.495 e. The van der Waals surface area contributed by atoms with Crippen LogP contribution >= 0.6 is 0 Å². The average Bonchev–Trinajstić information content (AvgIpc) is 2.78. The first kappa shape index (κ1) is 22.7. The van der Waals surface area contributed by atoms with Gasteiger partial charge >= 0.3 is 0 Å². The molecular weight excluding hydrogens is 422 g/mol. The fraction of sp³-hybridized carbons (Fsp3) is 0.333. The Hall–Kier alpha value is -2.95. The van der Waals surface area contributed by atoms with Gasteiger partial charge in [0.15, 0.2) is 0 Å². The van der Waals surface area contributed by atoms with E-state index in [-0.39, 0.29) is 35.2 Å². The highest BCUT2D eigenvalue weighted by atomic mass is 32.2. The lowest BCUT2D eigenvalue weighted by molar-refractivity contribution is 0.0729. The summed E-state index contributed by atoms with van der Waals surface area (Å²) in [5.74, 6) is -0.736. The quantitative estimate of drug-likeness (QED) is 0.696. The molecule has 0 spiro atoms. The van der Waals surface area contributed by atoms with Crippen LogP contribution in [0.15, 0.2) is 41.3 Å². The molecule has 31 heavy (non-hydrogen) atoms. The molecule has 9 nitrogen and oxygen atoms in total. The van der Waals surface area contributed by atoms with E-state index in [4.69, 9.17) is 9.47 Å². The zero-order valence-electron chi connectivity index (χ0n) is 17.6. The number of carbonyl (C=O) groups is 2. The lowest BCUT2D eigenvalue weighted by Crippen LogP contribution is -2.40. The number of methoxy groups -OCH3 is 1. The van der Waals surface area contributed by atoms with E-state index >= 15 is 0 Å². The summed E-state index contributed by atoms with van der Waals surface area (Å²) in [5, 5.41) is 5.26. The smallest absolute Gasteiger partial charge is 0.255 e. The molecular formula is C21H25N3O6S. The van der Waals surface area contributed by atoms with Crippen LogP contribution in [-0.2, 0) is 14.8 Å². The number of aryl methyl sites for hydroxylation is 1. The van der Waals surface area contributed by atoms with Crippen LogP contribution in [0.5, 0.6) is 5.75 Å². The van der Waals surface area contributed by atoms with Crippen LogP contribution in [0.1, 0.15) is 26.3 Å². The number of hydrogen-bond acceptors (Lipinski definition) is 6. The molecule has 1 saturated heterocycles. The molecule has 2 amide bonds. The van der Waals surface area contributed by atoms with Crippen LogP contribution in [0.4, 0.5) is 5.69 Å². The van der Waals surface area contributed by atoms with Crippen molar-refractivity contribution in [3.05, 3.63) is 53.1 Å². The minimum atomic E-state index is -3.88. The van der Waals surface area contributed by atoms with Crippen molar-refractivity contribution in [2.75, 3.05) is 45.8 Å². The van der Waals surface area contributed by atoms with Crippen molar-refractivity contribution < 1.29 is 27.5 Å². The predicted octanol–water partition coefficient (Wildman–Crippen LogP) is 1.64. The lowest BCUT2D eigenvalue weighted by atomic mass is 10.1. The first-order valence-corrected chi connectivity index (χ1v) is 11.1. The van der Waals surface area contributed by atoms with Gasteiger partial charge in [-0.3, -0.25) is 9.59 Å². The summed E-state index contributed by atoms with van der Waals surface area (Å²) < 4.78 is 38.0. The van der Waals surface area contributed by atoms with Crippen molar-refractivity contribution in [2.45, 2.75) is 11.8 Å². The highest BCUT2D eigenvalue weighted by Crippen LogP contribution is 2.29. The van der Waals surface area contributed by atoms with Gasteiger partial charge in [-0.15, -0.1) is 0 Å². The summed E-state index contributed by atoms with van der Waals surface area (Å²) in [6.45, 7) is 2.82. The molecule has 166 valence electrons. The molecule has 0 radical (unpaired) electrons. The Bertz CT molecular complexity index is 1090. The van der Waals surface area contributed by atoms with Crippen molar-refractivity contribution in [1.29, 1.82) is 0 Å². The van der Waals surface area contributed by atoms with Gasteiger partial charge in [-0.2, -0.15) is 4.31 Å². The Balaban J connectivity index is 1.96. The number of nitrogens with zero attached hydrogens (tertiary/aromatic N) is 1. The molecule has 3 rings (SSSR count). The number of morpholine rings is 1. The molecule has 0 bridgehead atoms. The number of hydrogen-bond donors (Lipinski definition) is 2. The van der Waals surface area contributed by atoms with Gasteiger partial charge in [-0.25, -0.2) is 8.42 Å². The van der Waals surface area contributed by atoms with E-state index < -0.39 is 15.9 Å². The Morgan fingerprint density at radius 1 is 1.10 bits per heavy atom. The van der Waals surface area contributed by atoms with E-state index in [0.717, 1.165) is 0 Å². The van der Waals surface area contributed by atoms with Crippen molar-refractivity contribution in [2.24, 2.45) is 0 Å². The molecule has 10 heteroatoms. The number of sulfonamides is 1. The molecule has 2 aromatic carbocycles. The normalized spacial score (nSPS) is 14.7. The monoisotopic (exact) mass is 447 g/mol. The lowest BCUT2D eigenvalue weighted by Gasteiger charge is -2.26. The highest BCUT2D eigenvalue weighted by Gasteiger charge is 2.30. The van der Waals surface area contributed by atoms with Crippen molar-refractivity contribution in [3.63, 3.8) is 0 Å². The van der Waals surface area contributed by atoms with E-state index in [1.165, 1.54) is 36.7 Å². The van der Waals surface area contributed by atoms with Crippen molar-refractivity contribution in [3.8, 4) is 5.75 Å². The van der Waals surface area contributed by atoms with Crippen LogP contribution in [0.2, 0.25) is 0 Å². The molecule has 1 fully saturated rings. The van der Waals surface area contributed by atoms with Gasteiger partial charge in [0.2, 0.25) is 10.0 Å². The zero-order chi connectivity index (χ0) is 22.6. The maximum Gasteiger partial charge on any atom is 0.255 e. The summed E-state index contributed by atoms with van der Waals surface area (Å²) in [6.07, 6.45) is 0. The second-order valence-corrected chi connectivity index (χ2v) is 8.82. The van der Waals surface area contributed by atoms with Gasteiger partial charge in [0.05, 0.1) is 31.6 Å². The van der Waals surface area contributed by atoms with Crippen LogP contribution < -0.4 is 15.4 Å². The van der Waals surface area contributed by atoms with Gasteiger partial charge in [0, 0.05) is 25.7 Å². The number of ether oxygens (including phenoxy) is 2. The third kappa shape index (κ3) is 4.71. The Morgan fingerprint density at radius 3 is 2.45 bits per heavy atom. The zero-order valence-corrected chi connectivity index (χ0v) is 18.4. The first-order valence-electron chi connectivity index (χ1n) is 9.68. The maximum atomic E-state index is 13.1. The topological polar surface area (TPSA) is 114 Å². The Kier molecular flexibility index (Phi) is 6.94. The second kappa shape index (κ2) is 9.46. The van der Waals surface area contributed by atoms with E-state index in [9.17, 15) is 18.0 Å². The minimum absolute atomic E-state index is 0.0969. The fourth-order valence-electron chi connectivity index (χ4n) is 3.34. The van der Waals surface area contributed by atoms with Crippen LogP contribution in [0, 0.1) is 6.92 Å². The second-order valence-electron chi connectivity index (χ2n) is 6.91. The third-order valence-electron chi connectivity index (χ3n) is 4.99. The summed E-state index contributed by atoms with van der Waals surface area (Å²) in [7, 11) is -1.00. The van der Waals surface area contributed by atoms with E-state index in [2.05, 4.69) is 10.6 Å². The number of nitrogens with one attached hydrogen (secondary N) is 2. The van der Waals surface area contributed by atoms with Crippen LogP contribution in [0.3, 0.4) is 0 Å². The van der Waals surface area contributed by atoms with Crippen LogP contribution in [0.25, 0.3) is 0 Å². The summed E-state index contributed by atoms with van der Waals surface area (Å²) >= 11 is 0. The number of carbonyl (C=O) groups excluding carboxylic acids is 2. The molecule has 0 aromatic heterocycles. The molecule has 1 heterocycles. The molecule has 0 atom stereocenters. The van der Waals surface area contributed by atoms with Gasteiger partial charge in [0.1, 0.15) is 10.6 Å². The molecule has 0 saturated carbocycles. The predicted molar refractivity (Wildman–Crippen MR) is 115 cm³/mol. The van der Waals surface area contributed by atoms with Crippen molar-refractivity contribution in [1.82, 2.24) is 9.62 Å². The SMILES string of the molecule is CNC(=O)c1c(C)cccc1NC(=O)c1ccc(OC)c(S(=O)(=O)N2CCOCC2)c1. The molecule has 0 unspecified atom stereocenters. The molecule has 2 aromatic rings. The third-order valence-corrected chi connectivity index (χ3v) is 6.91. The summed E-state index contributed by atoms with van der Waals surface area (Å²) in [5.41, 5.74) is 1.49. The molecule has 1 aliphatic rings. The highest BCUT2D eigenvalue weighted by molar-refractivity contribution is 7.89. The number of benzene rings is 2. The summed E-state index contributed by atoms with van der Waals surface area (Å²) in [6, 6.07) is 9.30. The average molecular weight is 448 g/mol. The maximum absolute atomic E-state index is 13.1. The standard InChI is InChI=1S/C21H25N3O6S/c1-14-5-4-6-16(19(14)21(26)22-2)23-20(25)15-7-8-17(29-3)18(13-15)31(27,28)24-9-11-30-12-10-24/h4-8,13H,9-12H2,1-3H3,(H,22,26)(H,23,25). The number of amides is 2. The van der Waals surface area contributed by atoms with Gasteiger partial charge < -0.3 is 20.1 Å². The molecule has 0 aliphatic carbocycles. The van der Waals surface area contributed by atoms with Crippen LogP contribution in [-0.4, -0.2) is 65.0 Å². The molecule has 1 aliphatic heterocycles. The van der Waals surface area contributed by atoms with E-state index in [1.54, 1.807) is 25.1 Å². The molecule has 2 N–H and O–H groups in total. The van der Waals surface area contributed by atoms with Gasteiger partial charge in [0.25, 0.3) is 11.8 Å². The number of rotatable bonds is 6. The Labute approximate surface area is 181 Å². The van der Waals surface area contributed by atoms with Gasteiger partial charge in [-0.05, 0) is 36.8 Å².